The van der Waals surface area contributed by atoms with Gasteiger partial charge in [0.2, 0.25) is 0 Å². The minimum Gasteiger partial charge on any atom is -0.396 e. The number of nitrogens with one attached hydrogen (secondary N) is 1. The number of nitrogen functional groups attached to an aromatic ring is 1. The van der Waals surface area contributed by atoms with Crippen LogP contribution in [0.2, 0.25) is 0 Å². The number of benzene rings is 1. The number of nitrogens with two attached hydrogens (primary N) is 1. The molecule has 80 valence electrons. The van der Waals surface area contributed by atoms with Crippen molar-refractivity contribution >= 4 is 27.1 Å². The van der Waals surface area contributed by atoms with Crippen LogP contribution in [-0.4, -0.2) is 10.2 Å². The van der Waals surface area contributed by atoms with E-state index in [1.54, 1.807) is 12.3 Å². The van der Waals surface area contributed by atoms with Crippen molar-refractivity contribution in [3.8, 4) is 10.6 Å². The summed E-state index contributed by atoms with van der Waals surface area (Å²) in [7, 11) is 0. The molecule has 0 saturated heterocycles. The van der Waals surface area contributed by atoms with Crippen LogP contribution in [0.15, 0.2) is 30.5 Å². The van der Waals surface area contributed by atoms with Crippen molar-refractivity contribution < 1.29 is 4.39 Å². The summed E-state index contributed by atoms with van der Waals surface area (Å²) in [5, 5.41) is 7.72. The van der Waals surface area contributed by atoms with Crippen LogP contribution in [0, 0.1) is 5.82 Å². The minimum absolute atomic E-state index is 0.224. The maximum Gasteiger partial charge on any atom is 0.124 e. The Labute approximate surface area is 94.7 Å². The molecule has 0 aliphatic rings. The van der Waals surface area contributed by atoms with Crippen LogP contribution in [0.3, 0.4) is 0 Å². The van der Waals surface area contributed by atoms with Gasteiger partial charge in [0.05, 0.1) is 22.5 Å². The van der Waals surface area contributed by atoms with E-state index in [0.29, 0.717) is 5.69 Å². The van der Waals surface area contributed by atoms with Gasteiger partial charge in [-0.05, 0) is 23.6 Å². The van der Waals surface area contributed by atoms with Gasteiger partial charge in [-0.2, -0.15) is 5.10 Å². The summed E-state index contributed by atoms with van der Waals surface area (Å²) < 4.78 is 13.9. The third kappa shape index (κ3) is 1.37. The van der Waals surface area contributed by atoms with Gasteiger partial charge in [0.15, 0.2) is 0 Å². The van der Waals surface area contributed by atoms with Crippen LogP contribution >= 0.6 is 11.3 Å². The Bertz CT molecular complexity index is 656. The molecule has 0 amide bonds. The van der Waals surface area contributed by atoms with Gasteiger partial charge in [0.25, 0.3) is 0 Å². The average Bonchev–Trinajstić information content (AvgIpc) is 2.82. The lowest BCUT2D eigenvalue weighted by atomic mass is 10.2. The van der Waals surface area contributed by atoms with Crippen molar-refractivity contribution in [3.05, 3.63) is 36.3 Å². The number of thiophene rings is 1. The second-order valence-corrected chi connectivity index (χ2v) is 4.58. The third-order valence-corrected chi connectivity index (χ3v) is 3.51. The molecule has 0 saturated carbocycles. The number of H-pyrrole nitrogens is 1. The molecule has 2 heterocycles. The standard InChI is InChI=1S/C11H8FN3S/c12-7-2-1-6-3-10(16-9(6)4-7)11-8(13)5-14-15-11/h1-5H,13H2,(H,14,15). The van der Waals surface area contributed by atoms with Crippen molar-refractivity contribution in [3.63, 3.8) is 0 Å². The van der Waals surface area contributed by atoms with E-state index in [0.717, 1.165) is 20.7 Å². The first kappa shape index (κ1) is 9.35. The highest BCUT2D eigenvalue weighted by molar-refractivity contribution is 7.22. The van der Waals surface area contributed by atoms with Gasteiger partial charge >= 0.3 is 0 Å². The van der Waals surface area contributed by atoms with Crippen LogP contribution in [0.1, 0.15) is 0 Å². The third-order valence-electron chi connectivity index (χ3n) is 2.40. The van der Waals surface area contributed by atoms with Crippen molar-refractivity contribution in [1.82, 2.24) is 10.2 Å². The number of anilines is 1. The number of rotatable bonds is 1. The molecule has 3 nitrogen and oxygen atoms in total. The molecule has 1 aromatic carbocycles. The first-order chi connectivity index (χ1) is 7.74. The van der Waals surface area contributed by atoms with E-state index in [1.807, 2.05) is 6.07 Å². The lowest BCUT2D eigenvalue weighted by Gasteiger charge is -1.91. The molecule has 16 heavy (non-hydrogen) atoms. The fraction of sp³-hybridized carbons (Fsp3) is 0. The molecule has 0 spiro atoms. The predicted octanol–water partition coefficient (Wildman–Crippen LogP) is 3.01. The average molecular weight is 233 g/mol. The number of fused-ring (bicyclic) bond motifs is 1. The van der Waals surface area contributed by atoms with E-state index < -0.39 is 0 Å². The van der Waals surface area contributed by atoms with Gasteiger partial charge in [0, 0.05) is 4.70 Å². The number of aromatic amines is 1. The summed E-state index contributed by atoms with van der Waals surface area (Å²) in [6.45, 7) is 0. The zero-order chi connectivity index (χ0) is 11.1. The molecule has 0 fully saturated rings. The highest BCUT2D eigenvalue weighted by Crippen LogP contribution is 2.34. The van der Waals surface area contributed by atoms with Crippen LogP contribution in [0.4, 0.5) is 10.1 Å². The van der Waals surface area contributed by atoms with E-state index in [4.69, 9.17) is 5.73 Å². The van der Waals surface area contributed by atoms with Crippen LogP contribution < -0.4 is 5.73 Å². The summed E-state index contributed by atoms with van der Waals surface area (Å²) >= 11 is 1.49. The fourth-order valence-electron chi connectivity index (χ4n) is 1.62. The molecule has 2 aromatic heterocycles. The Kier molecular flexibility index (Phi) is 1.94. The first-order valence-corrected chi connectivity index (χ1v) is 5.54. The molecule has 0 unspecified atom stereocenters. The molecule has 3 N–H and O–H groups in total. The second kappa shape index (κ2) is 3.31. The lowest BCUT2D eigenvalue weighted by molar-refractivity contribution is 0.630. The topological polar surface area (TPSA) is 54.7 Å². The van der Waals surface area contributed by atoms with E-state index in [1.165, 1.54) is 23.5 Å². The van der Waals surface area contributed by atoms with Crippen molar-refractivity contribution in [1.29, 1.82) is 0 Å². The normalized spacial score (nSPS) is 11.1. The molecule has 0 aliphatic heterocycles. The van der Waals surface area contributed by atoms with E-state index in [-0.39, 0.29) is 5.82 Å². The molecule has 5 heteroatoms. The molecule has 3 rings (SSSR count). The number of halogens is 1. The smallest absolute Gasteiger partial charge is 0.124 e. The summed E-state index contributed by atoms with van der Waals surface area (Å²) in [6, 6.07) is 6.71. The van der Waals surface area contributed by atoms with Gasteiger partial charge in [-0.1, -0.05) is 6.07 Å². The summed E-state index contributed by atoms with van der Waals surface area (Å²) in [6.07, 6.45) is 1.57. The Hall–Kier alpha value is -1.88. The number of nitrogens with zero attached hydrogens (tertiary/aromatic N) is 1. The molecular weight excluding hydrogens is 225 g/mol. The van der Waals surface area contributed by atoms with Gasteiger partial charge in [-0.25, -0.2) is 4.39 Å². The predicted molar refractivity (Wildman–Crippen MR) is 63.8 cm³/mol. The van der Waals surface area contributed by atoms with Gasteiger partial charge in [-0.3, -0.25) is 5.10 Å². The molecule has 0 bridgehead atoms. The fourth-order valence-corrected chi connectivity index (χ4v) is 2.73. The van der Waals surface area contributed by atoms with Crippen molar-refractivity contribution in [2.75, 3.05) is 5.73 Å². The molecule has 3 aromatic rings. The highest BCUT2D eigenvalue weighted by atomic mass is 32.1. The molecule has 0 atom stereocenters. The monoisotopic (exact) mass is 233 g/mol. The summed E-state index contributed by atoms with van der Waals surface area (Å²) in [5.74, 6) is -0.224. The summed E-state index contributed by atoms with van der Waals surface area (Å²) in [5.41, 5.74) is 7.16. The molecular formula is C11H8FN3S. The number of hydrogen-bond donors (Lipinski definition) is 2. The Balaban J connectivity index is 2.23. The Morgan fingerprint density at radius 2 is 2.19 bits per heavy atom. The minimum atomic E-state index is -0.224. The maximum absolute atomic E-state index is 13.0. The number of aromatic nitrogens is 2. The van der Waals surface area contributed by atoms with Crippen LogP contribution in [0.5, 0.6) is 0 Å². The lowest BCUT2D eigenvalue weighted by Crippen LogP contribution is -1.83. The van der Waals surface area contributed by atoms with Crippen LogP contribution in [0.25, 0.3) is 20.7 Å². The molecule has 0 aliphatic carbocycles. The van der Waals surface area contributed by atoms with E-state index in [9.17, 15) is 4.39 Å². The molecule has 0 radical (unpaired) electrons. The quantitative estimate of drug-likeness (QED) is 0.678. The van der Waals surface area contributed by atoms with Gasteiger partial charge in [-0.15, -0.1) is 11.3 Å². The Morgan fingerprint density at radius 3 is 2.94 bits per heavy atom. The largest absolute Gasteiger partial charge is 0.396 e. The zero-order valence-corrected chi connectivity index (χ0v) is 9.01. The maximum atomic E-state index is 13.0. The second-order valence-electron chi connectivity index (χ2n) is 3.49. The van der Waals surface area contributed by atoms with Crippen LogP contribution in [-0.2, 0) is 0 Å². The Morgan fingerprint density at radius 1 is 1.31 bits per heavy atom. The summed E-state index contributed by atoms with van der Waals surface area (Å²) in [4.78, 5) is 0.968. The van der Waals surface area contributed by atoms with E-state index in [2.05, 4.69) is 10.2 Å². The number of hydrogen-bond acceptors (Lipinski definition) is 3. The van der Waals surface area contributed by atoms with Gasteiger partial charge < -0.3 is 5.73 Å². The zero-order valence-electron chi connectivity index (χ0n) is 8.20. The van der Waals surface area contributed by atoms with Crippen molar-refractivity contribution in [2.24, 2.45) is 0 Å². The van der Waals surface area contributed by atoms with Gasteiger partial charge in [0.1, 0.15) is 5.82 Å². The van der Waals surface area contributed by atoms with E-state index >= 15 is 0 Å². The first-order valence-electron chi connectivity index (χ1n) is 4.72. The SMILES string of the molecule is Nc1cn[nH]c1-c1cc2ccc(F)cc2s1. The highest BCUT2D eigenvalue weighted by Gasteiger charge is 2.09. The van der Waals surface area contributed by atoms with Crippen molar-refractivity contribution in [2.45, 2.75) is 0 Å².